The molecule has 0 radical (unpaired) electrons. The minimum absolute atomic E-state index is 0.0566. The third-order valence-electron chi connectivity index (χ3n) is 3.96. The molecule has 0 spiro atoms. The molecule has 2 heterocycles. The highest BCUT2D eigenvalue weighted by Crippen LogP contribution is 2.27. The molecule has 6 nitrogen and oxygen atoms in total. The van der Waals surface area contributed by atoms with E-state index in [4.69, 9.17) is 10.1 Å². The minimum atomic E-state index is 0.0566. The topological polar surface area (TPSA) is 75.9 Å². The molecular weight excluding hydrogens is 302 g/mol. The van der Waals surface area contributed by atoms with E-state index in [9.17, 15) is 0 Å². The number of hydrogen-bond donors (Lipinski definition) is 2. The fourth-order valence-corrected chi connectivity index (χ4v) is 2.82. The van der Waals surface area contributed by atoms with Crippen molar-refractivity contribution in [2.75, 3.05) is 18.5 Å². The maximum Gasteiger partial charge on any atom is 0.183 e. The van der Waals surface area contributed by atoms with Crippen LogP contribution in [0.3, 0.4) is 0 Å². The summed E-state index contributed by atoms with van der Waals surface area (Å²) in [6.07, 6.45) is 4.93. The highest BCUT2D eigenvalue weighted by molar-refractivity contribution is 5.86. The quantitative estimate of drug-likeness (QED) is 0.622. The van der Waals surface area contributed by atoms with E-state index in [1.807, 2.05) is 18.2 Å². The molecule has 6 heteroatoms. The van der Waals surface area contributed by atoms with Crippen molar-refractivity contribution in [3.8, 4) is 11.4 Å². The van der Waals surface area contributed by atoms with E-state index < -0.39 is 0 Å². The molecule has 3 rings (SSSR count). The SMILES string of the molecule is CCCCCn1c(-c2ccccc2)nc2ncnc(NCCO)c21. The zero-order valence-corrected chi connectivity index (χ0v) is 13.9. The summed E-state index contributed by atoms with van der Waals surface area (Å²) in [5.41, 5.74) is 2.65. The summed E-state index contributed by atoms with van der Waals surface area (Å²) in [7, 11) is 0. The van der Waals surface area contributed by atoms with E-state index in [0.717, 1.165) is 35.7 Å². The third kappa shape index (κ3) is 3.38. The average molecular weight is 325 g/mol. The Morgan fingerprint density at radius 2 is 1.96 bits per heavy atom. The number of aliphatic hydroxyl groups excluding tert-OH is 1. The molecule has 126 valence electrons. The largest absolute Gasteiger partial charge is 0.395 e. The van der Waals surface area contributed by atoms with Gasteiger partial charge in [-0.05, 0) is 6.42 Å². The number of aliphatic hydroxyl groups is 1. The van der Waals surface area contributed by atoms with Crippen molar-refractivity contribution in [3.63, 3.8) is 0 Å². The van der Waals surface area contributed by atoms with Crippen molar-refractivity contribution in [2.45, 2.75) is 32.7 Å². The highest BCUT2D eigenvalue weighted by atomic mass is 16.3. The summed E-state index contributed by atoms with van der Waals surface area (Å²) >= 11 is 0. The van der Waals surface area contributed by atoms with Gasteiger partial charge in [0.15, 0.2) is 11.5 Å². The summed E-state index contributed by atoms with van der Waals surface area (Å²) in [6.45, 7) is 3.57. The van der Waals surface area contributed by atoms with Crippen LogP contribution in [0, 0.1) is 0 Å². The number of nitrogens with one attached hydrogen (secondary N) is 1. The van der Waals surface area contributed by atoms with Gasteiger partial charge in [0.2, 0.25) is 0 Å². The van der Waals surface area contributed by atoms with E-state index in [1.54, 1.807) is 0 Å². The van der Waals surface area contributed by atoms with Gasteiger partial charge in [0.05, 0.1) is 6.61 Å². The van der Waals surface area contributed by atoms with Crippen molar-refractivity contribution in [3.05, 3.63) is 36.7 Å². The second-order valence-electron chi connectivity index (χ2n) is 5.71. The van der Waals surface area contributed by atoms with Gasteiger partial charge in [0, 0.05) is 18.7 Å². The van der Waals surface area contributed by atoms with Gasteiger partial charge in [-0.3, -0.25) is 0 Å². The Balaban J connectivity index is 2.11. The molecule has 0 fully saturated rings. The molecule has 0 amide bonds. The smallest absolute Gasteiger partial charge is 0.183 e. The van der Waals surface area contributed by atoms with Crippen LogP contribution >= 0.6 is 0 Å². The van der Waals surface area contributed by atoms with Crippen LogP contribution in [0.4, 0.5) is 5.82 Å². The van der Waals surface area contributed by atoms with Gasteiger partial charge in [-0.1, -0.05) is 50.1 Å². The van der Waals surface area contributed by atoms with Crippen LogP contribution in [0.25, 0.3) is 22.6 Å². The third-order valence-corrected chi connectivity index (χ3v) is 3.96. The Labute approximate surface area is 141 Å². The molecule has 2 aromatic heterocycles. The lowest BCUT2D eigenvalue weighted by atomic mass is 10.2. The molecule has 0 saturated heterocycles. The Morgan fingerprint density at radius 3 is 2.71 bits per heavy atom. The number of aryl methyl sites for hydroxylation is 1. The van der Waals surface area contributed by atoms with E-state index in [1.165, 1.54) is 19.2 Å². The first-order chi connectivity index (χ1) is 11.8. The molecular formula is C18H23N5O. The second-order valence-corrected chi connectivity index (χ2v) is 5.71. The number of rotatable bonds is 8. The van der Waals surface area contributed by atoms with Crippen LogP contribution < -0.4 is 5.32 Å². The number of imidazole rings is 1. The van der Waals surface area contributed by atoms with Crippen LogP contribution in [0.5, 0.6) is 0 Å². The summed E-state index contributed by atoms with van der Waals surface area (Å²) < 4.78 is 2.19. The van der Waals surface area contributed by atoms with Crippen LogP contribution in [-0.4, -0.2) is 37.8 Å². The summed E-state index contributed by atoms with van der Waals surface area (Å²) in [6, 6.07) is 10.2. The van der Waals surface area contributed by atoms with Gasteiger partial charge >= 0.3 is 0 Å². The molecule has 1 aromatic carbocycles. The zero-order chi connectivity index (χ0) is 16.8. The zero-order valence-electron chi connectivity index (χ0n) is 13.9. The first-order valence-corrected chi connectivity index (χ1v) is 8.46. The normalized spacial score (nSPS) is 11.1. The first kappa shape index (κ1) is 16.4. The Kier molecular flexibility index (Phi) is 5.38. The van der Waals surface area contributed by atoms with Gasteiger partial charge in [-0.25, -0.2) is 15.0 Å². The van der Waals surface area contributed by atoms with Crippen molar-refractivity contribution in [2.24, 2.45) is 0 Å². The number of nitrogens with zero attached hydrogens (tertiary/aromatic N) is 4. The fourth-order valence-electron chi connectivity index (χ4n) is 2.82. The summed E-state index contributed by atoms with van der Waals surface area (Å²) in [5, 5.41) is 12.3. The molecule has 3 aromatic rings. The van der Waals surface area contributed by atoms with Crippen molar-refractivity contribution < 1.29 is 5.11 Å². The Bertz CT molecular complexity index is 785. The fraction of sp³-hybridized carbons (Fsp3) is 0.389. The van der Waals surface area contributed by atoms with E-state index in [2.05, 4.69) is 38.9 Å². The molecule has 0 aliphatic carbocycles. The lowest BCUT2D eigenvalue weighted by Gasteiger charge is -2.11. The number of anilines is 1. The lowest BCUT2D eigenvalue weighted by Crippen LogP contribution is -2.10. The summed E-state index contributed by atoms with van der Waals surface area (Å²) in [5.74, 6) is 1.63. The van der Waals surface area contributed by atoms with Gasteiger partial charge in [0.1, 0.15) is 17.7 Å². The van der Waals surface area contributed by atoms with Gasteiger partial charge < -0.3 is 15.0 Å². The van der Waals surface area contributed by atoms with E-state index in [-0.39, 0.29) is 6.61 Å². The summed E-state index contributed by atoms with van der Waals surface area (Å²) in [4.78, 5) is 13.4. The molecule has 0 unspecified atom stereocenters. The molecule has 0 atom stereocenters. The first-order valence-electron chi connectivity index (χ1n) is 8.46. The monoisotopic (exact) mass is 325 g/mol. The molecule has 0 saturated carbocycles. The lowest BCUT2D eigenvalue weighted by molar-refractivity contribution is 0.311. The van der Waals surface area contributed by atoms with Crippen LogP contribution in [0.2, 0.25) is 0 Å². The van der Waals surface area contributed by atoms with Crippen LogP contribution in [0.15, 0.2) is 36.7 Å². The van der Waals surface area contributed by atoms with Crippen LogP contribution in [-0.2, 0) is 6.54 Å². The maximum absolute atomic E-state index is 9.10. The molecule has 24 heavy (non-hydrogen) atoms. The predicted molar refractivity (Wildman–Crippen MR) is 95.9 cm³/mol. The average Bonchev–Trinajstić information content (AvgIpc) is 3.00. The van der Waals surface area contributed by atoms with Crippen molar-refractivity contribution in [1.82, 2.24) is 19.5 Å². The molecule has 0 aliphatic rings. The van der Waals surface area contributed by atoms with Crippen molar-refractivity contribution >= 4 is 17.0 Å². The highest BCUT2D eigenvalue weighted by Gasteiger charge is 2.17. The van der Waals surface area contributed by atoms with Gasteiger partial charge in [-0.2, -0.15) is 0 Å². The van der Waals surface area contributed by atoms with Crippen LogP contribution in [0.1, 0.15) is 26.2 Å². The van der Waals surface area contributed by atoms with Gasteiger partial charge in [0.25, 0.3) is 0 Å². The number of hydrogen-bond acceptors (Lipinski definition) is 5. The number of fused-ring (bicyclic) bond motifs is 1. The number of aromatic nitrogens is 4. The predicted octanol–water partition coefficient (Wildman–Crippen LogP) is 3.09. The Hall–Kier alpha value is -2.47. The van der Waals surface area contributed by atoms with Gasteiger partial charge in [-0.15, -0.1) is 0 Å². The van der Waals surface area contributed by atoms with E-state index in [0.29, 0.717) is 12.2 Å². The molecule has 0 aliphatic heterocycles. The molecule has 2 N–H and O–H groups in total. The number of unbranched alkanes of at least 4 members (excludes halogenated alkanes) is 2. The molecule has 0 bridgehead atoms. The minimum Gasteiger partial charge on any atom is -0.395 e. The number of benzene rings is 1. The second kappa shape index (κ2) is 7.88. The standard InChI is InChI=1S/C18H23N5O/c1-2-3-7-11-23-15-16(19-10-12-24)20-13-21-17(15)22-18(23)14-8-5-4-6-9-14/h4-6,8-9,13,24H,2-3,7,10-12H2,1H3,(H,19,20,21). The maximum atomic E-state index is 9.10. The van der Waals surface area contributed by atoms with Crippen molar-refractivity contribution in [1.29, 1.82) is 0 Å². The Morgan fingerprint density at radius 1 is 1.12 bits per heavy atom. The van der Waals surface area contributed by atoms with E-state index >= 15 is 0 Å².